The maximum Gasteiger partial charge on any atom is 0.271 e. The predicted molar refractivity (Wildman–Crippen MR) is 126 cm³/mol. The van der Waals surface area contributed by atoms with Crippen LogP contribution >= 0.6 is 0 Å². The Kier molecular flexibility index (Phi) is 5.89. The molecular weight excluding hydrogens is 440 g/mol. The summed E-state index contributed by atoms with van der Waals surface area (Å²) in [6, 6.07) is 19.8. The third-order valence-corrected chi connectivity index (χ3v) is 6.56. The number of aryl methyl sites for hydroxylation is 2. The van der Waals surface area contributed by atoms with Crippen LogP contribution in [0.2, 0.25) is 0 Å². The van der Waals surface area contributed by atoms with Gasteiger partial charge in [-0.05, 0) is 49.4 Å². The fourth-order valence-corrected chi connectivity index (χ4v) is 4.46. The molecule has 9 heteroatoms. The molecule has 4 rings (SSSR count). The van der Waals surface area contributed by atoms with Crippen LogP contribution in [0.4, 0.5) is 5.69 Å². The molecule has 0 saturated heterocycles. The van der Waals surface area contributed by atoms with E-state index in [-0.39, 0.29) is 10.5 Å². The molecule has 0 aliphatic rings. The summed E-state index contributed by atoms with van der Waals surface area (Å²) in [4.78, 5) is 25.0. The number of fused-ring (bicyclic) bond motifs is 1. The summed E-state index contributed by atoms with van der Waals surface area (Å²) in [6.07, 6.45) is 1.69. The summed E-state index contributed by atoms with van der Waals surface area (Å²) >= 11 is 0. The van der Waals surface area contributed by atoms with Crippen molar-refractivity contribution in [2.24, 2.45) is 7.05 Å². The monoisotopic (exact) mass is 462 g/mol. The molecule has 0 atom stereocenters. The predicted octanol–water partition coefficient (Wildman–Crippen LogP) is 3.36. The number of hydrazine groups is 1. The zero-order valence-electron chi connectivity index (χ0n) is 18.0. The van der Waals surface area contributed by atoms with Gasteiger partial charge in [-0.2, -0.15) is 0 Å². The van der Waals surface area contributed by atoms with Gasteiger partial charge >= 0.3 is 0 Å². The van der Waals surface area contributed by atoms with Gasteiger partial charge < -0.3 is 4.57 Å². The van der Waals surface area contributed by atoms with E-state index in [4.69, 9.17) is 0 Å². The second kappa shape index (κ2) is 8.79. The van der Waals surface area contributed by atoms with Crippen molar-refractivity contribution in [1.82, 2.24) is 15.4 Å². The fraction of sp³-hybridized carbons (Fsp3) is 0.0833. The highest BCUT2D eigenvalue weighted by atomic mass is 32.2. The summed E-state index contributed by atoms with van der Waals surface area (Å²) in [5, 5.41) is 0.766. The molecule has 4 aromatic rings. The Bertz CT molecular complexity index is 1440. The third kappa shape index (κ3) is 4.73. The average Bonchev–Trinajstić information content (AvgIpc) is 3.15. The number of carbonyl (C=O) groups excluding carboxylic acids is 2. The van der Waals surface area contributed by atoms with Crippen LogP contribution in [0.1, 0.15) is 26.3 Å². The minimum atomic E-state index is -3.80. The number of carbonyl (C=O) groups is 2. The molecule has 0 unspecified atom stereocenters. The van der Waals surface area contributed by atoms with Crippen LogP contribution < -0.4 is 15.6 Å². The molecule has 3 aromatic carbocycles. The highest BCUT2D eigenvalue weighted by Gasteiger charge is 2.17. The van der Waals surface area contributed by atoms with Crippen LogP contribution in [0.15, 0.2) is 83.9 Å². The minimum absolute atomic E-state index is 0.0133. The molecule has 0 radical (unpaired) electrons. The van der Waals surface area contributed by atoms with Crippen LogP contribution in [0.5, 0.6) is 0 Å². The highest BCUT2D eigenvalue weighted by Crippen LogP contribution is 2.20. The van der Waals surface area contributed by atoms with E-state index in [1.165, 1.54) is 24.3 Å². The third-order valence-electron chi connectivity index (χ3n) is 5.16. The van der Waals surface area contributed by atoms with E-state index >= 15 is 0 Å². The molecule has 0 aliphatic heterocycles. The van der Waals surface area contributed by atoms with Gasteiger partial charge in [0.15, 0.2) is 0 Å². The molecule has 0 saturated carbocycles. The first-order valence-corrected chi connectivity index (χ1v) is 11.6. The van der Waals surface area contributed by atoms with E-state index in [0.29, 0.717) is 11.3 Å². The Hall–Kier alpha value is -4.11. The Labute approximate surface area is 191 Å². The molecule has 2 amide bonds. The zero-order valence-corrected chi connectivity index (χ0v) is 18.8. The van der Waals surface area contributed by atoms with Crippen LogP contribution in [-0.2, 0) is 17.1 Å². The fourth-order valence-electron chi connectivity index (χ4n) is 3.40. The van der Waals surface area contributed by atoms with Crippen molar-refractivity contribution in [2.45, 2.75) is 11.8 Å². The largest absolute Gasteiger partial charge is 0.350 e. The van der Waals surface area contributed by atoms with Gasteiger partial charge in [-0.3, -0.25) is 25.2 Å². The maximum atomic E-state index is 12.6. The number of nitrogens with one attached hydrogen (secondary N) is 3. The standard InChI is InChI=1S/C24H22N4O4S/c1-16-7-11-18(12-8-16)27-33(31,32)19-13-9-17(10-14-19)23(29)25-26-24(30)21-15-28(2)22-6-4-3-5-20(21)22/h3-15,27H,1-2H3,(H,25,29)(H,26,30). The lowest BCUT2D eigenvalue weighted by Gasteiger charge is -2.10. The van der Waals surface area contributed by atoms with Gasteiger partial charge in [-0.1, -0.05) is 35.9 Å². The second-order valence-electron chi connectivity index (χ2n) is 7.57. The minimum Gasteiger partial charge on any atom is -0.350 e. The Morgan fingerprint density at radius 3 is 2.15 bits per heavy atom. The lowest BCUT2D eigenvalue weighted by atomic mass is 10.2. The molecule has 168 valence electrons. The van der Waals surface area contributed by atoms with E-state index in [0.717, 1.165) is 16.5 Å². The first-order chi connectivity index (χ1) is 15.7. The lowest BCUT2D eigenvalue weighted by molar-refractivity contribution is 0.0847. The van der Waals surface area contributed by atoms with Gasteiger partial charge in [0.25, 0.3) is 21.8 Å². The Morgan fingerprint density at radius 2 is 1.45 bits per heavy atom. The number of amides is 2. The van der Waals surface area contributed by atoms with Gasteiger partial charge in [-0.15, -0.1) is 0 Å². The van der Waals surface area contributed by atoms with Crippen LogP contribution in [0.3, 0.4) is 0 Å². The Balaban J connectivity index is 1.42. The summed E-state index contributed by atoms with van der Waals surface area (Å²) in [7, 11) is -1.97. The molecular formula is C24H22N4O4S. The molecule has 33 heavy (non-hydrogen) atoms. The van der Waals surface area contributed by atoms with Crippen molar-refractivity contribution in [3.05, 3.63) is 95.7 Å². The number of para-hydroxylation sites is 1. The smallest absolute Gasteiger partial charge is 0.271 e. The maximum absolute atomic E-state index is 12.6. The zero-order chi connectivity index (χ0) is 23.6. The molecule has 1 aromatic heterocycles. The van der Waals surface area contributed by atoms with Crippen molar-refractivity contribution < 1.29 is 18.0 Å². The van der Waals surface area contributed by atoms with E-state index in [9.17, 15) is 18.0 Å². The average molecular weight is 463 g/mol. The summed E-state index contributed by atoms with van der Waals surface area (Å²) in [5.41, 5.74) is 7.74. The van der Waals surface area contributed by atoms with Crippen molar-refractivity contribution in [3.63, 3.8) is 0 Å². The van der Waals surface area contributed by atoms with Crippen molar-refractivity contribution >= 4 is 38.4 Å². The lowest BCUT2D eigenvalue weighted by Crippen LogP contribution is -2.41. The molecule has 1 heterocycles. The van der Waals surface area contributed by atoms with Crippen molar-refractivity contribution in [1.29, 1.82) is 0 Å². The Morgan fingerprint density at radius 1 is 0.818 bits per heavy atom. The number of hydrogen-bond acceptors (Lipinski definition) is 4. The van der Waals surface area contributed by atoms with Gasteiger partial charge in [0.05, 0.1) is 10.5 Å². The second-order valence-corrected chi connectivity index (χ2v) is 9.26. The number of nitrogens with zero attached hydrogens (tertiary/aromatic N) is 1. The molecule has 8 nitrogen and oxygen atoms in total. The molecule has 3 N–H and O–H groups in total. The van der Waals surface area contributed by atoms with Gasteiger partial charge in [-0.25, -0.2) is 8.42 Å². The summed E-state index contributed by atoms with van der Waals surface area (Å²) in [5.74, 6) is -1.03. The first-order valence-electron chi connectivity index (χ1n) is 10.1. The SMILES string of the molecule is Cc1ccc(NS(=O)(=O)c2ccc(C(=O)NNC(=O)c3cn(C)c4ccccc34)cc2)cc1. The molecule has 0 spiro atoms. The first kappa shape index (κ1) is 22.1. The van der Waals surface area contributed by atoms with E-state index < -0.39 is 21.8 Å². The number of sulfonamides is 1. The van der Waals surface area contributed by atoms with E-state index in [1.807, 2.05) is 42.8 Å². The van der Waals surface area contributed by atoms with Crippen LogP contribution in [0.25, 0.3) is 10.9 Å². The number of anilines is 1. The number of hydrogen-bond donors (Lipinski definition) is 3. The van der Waals surface area contributed by atoms with Gasteiger partial charge in [0.2, 0.25) is 0 Å². The van der Waals surface area contributed by atoms with Crippen LogP contribution in [0, 0.1) is 6.92 Å². The molecule has 0 fully saturated rings. The van der Waals surface area contributed by atoms with Crippen LogP contribution in [-0.4, -0.2) is 24.8 Å². The van der Waals surface area contributed by atoms with Crippen molar-refractivity contribution in [3.8, 4) is 0 Å². The summed E-state index contributed by atoms with van der Waals surface area (Å²) in [6.45, 7) is 1.91. The molecule has 0 aliphatic carbocycles. The van der Waals surface area contributed by atoms with E-state index in [1.54, 1.807) is 30.5 Å². The number of rotatable bonds is 5. The quantitative estimate of drug-likeness (QED) is 0.395. The van der Waals surface area contributed by atoms with E-state index in [2.05, 4.69) is 15.6 Å². The normalized spacial score (nSPS) is 11.2. The highest BCUT2D eigenvalue weighted by molar-refractivity contribution is 7.92. The number of aromatic nitrogens is 1. The molecule has 0 bridgehead atoms. The number of benzene rings is 3. The van der Waals surface area contributed by atoms with Crippen molar-refractivity contribution in [2.75, 3.05) is 4.72 Å². The van der Waals surface area contributed by atoms with Gasteiger partial charge in [0, 0.05) is 35.4 Å². The van der Waals surface area contributed by atoms with Gasteiger partial charge in [0.1, 0.15) is 0 Å². The topological polar surface area (TPSA) is 109 Å². The summed E-state index contributed by atoms with van der Waals surface area (Å²) < 4.78 is 29.5.